The van der Waals surface area contributed by atoms with E-state index in [1.165, 1.54) is 36.1 Å². The molecule has 2 aliphatic rings. The Balaban J connectivity index is 1.58. The van der Waals surface area contributed by atoms with Crippen molar-refractivity contribution >= 4 is 0 Å². The smallest absolute Gasteiger partial charge is 0.122 e. The fourth-order valence-electron chi connectivity index (χ4n) is 4.36. The van der Waals surface area contributed by atoms with Gasteiger partial charge in [-0.1, -0.05) is 42.5 Å². The van der Waals surface area contributed by atoms with Crippen molar-refractivity contribution < 1.29 is 4.74 Å². The molecule has 2 aromatic carbocycles. The number of hydrogen-bond acceptors (Lipinski definition) is 2. The van der Waals surface area contributed by atoms with Crippen LogP contribution >= 0.6 is 0 Å². The first kappa shape index (κ1) is 13.8. The largest absolute Gasteiger partial charge is 0.496 e. The van der Waals surface area contributed by atoms with E-state index >= 15 is 0 Å². The van der Waals surface area contributed by atoms with Crippen molar-refractivity contribution in [3.8, 4) is 5.75 Å². The number of hydrogen-bond donors (Lipinski definition) is 0. The van der Waals surface area contributed by atoms with Gasteiger partial charge >= 0.3 is 0 Å². The maximum Gasteiger partial charge on any atom is 0.122 e. The molecule has 0 unspecified atom stereocenters. The van der Waals surface area contributed by atoms with Crippen molar-refractivity contribution in [2.45, 2.75) is 37.8 Å². The summed E-state index contributed by atoms with van der Waals surface area (Å²) in [6, 6.07) is 18.1. The van der Waals surface area contributed by atoms with Crippen LogP contribution in [0.4, 0.5) is 0 Å². The second kappa shape index (κ2) is 5.77. The van der Waals surface area contributed by atoms with Crippen LogP contribution in [0.1, 0.15) is 35.4 Å². The molecule has 0 saturated carbocycles. The average molecular weight is 293 g/mol. The fraction of sp³-hybridized carbons (Fsp3) is 0.400. The lowest BCUT2D eigenvalue weighted by Gasteiger charge is -2.34. The number of nitrogens with zero attached hydrogens (tertiary/aromatic N) is 1. The molecule has 1 saturated heterocycles. The Morgan fingerprint density at radius 2 is 1.91 bits per heavy atom. The predicted octanol–water partition coefficient (Wildman–Crippen LogP) is 4.00. The molecule has 0 spiro atoms. The standard InChI is InChI=1S/C20H23NO/c1-22-20-9-5-8-16-17-12-13-21(19(17)11-10-18(16)20)14-15-6-3-2-4-7-15/h2-9,17,19H,10-14H2,1H3/t17-,19+/m0/s1. The highest BCUT2D eigenvalue weighted by Gasteiger charge is 2.39. The lowest BCUT2D eigenvalue weighted by Crippen LogP contribution is -2.34. The first-order valence-corrected chi connectivity index (χ1v) is 8.30. The molecule has 0 radical (unpaired) electrons. The van der Waals surface area contributed by atoms with Gasteiger partial charge in [0.2, 0.25) is 0 Å². The molecule has 0 aromatic heterocycles. The highest BCUT2D eigenvalue weighted by Crippen LogP contribution is 2.44. The number of rotatable bonds is 3. The lowest BCUT2D eigenvalue weighted by molar-refractivity contribution is 0.218. The third kappa shape index (κ3) is 2.32. The summed E-state index contributed by atoms with van der Waals surface area (Å²) in [6.45, 7) is 2.29. The summed E-state index contributed by atoms with van der Waals surface area (Å²) in [5.74, 6) is 1.76. The first-order chi connectivity index (χ1) is 10.9. The van der Waals surface area contributed by atoms with Crippen LogP contribution in [0, 0.1) is 0 Å². The van der Waals surface area contributed by atoms with Gasteiger partial charge in [0.25, 0.3) is 0 Å². The van der Waals surface area contributed by atoms with Gasteiger partial charge in [-0.05, 0) is 48.6 Å². The molecule has 0 bridgehead atoms. The van der Waals surface area contributed by atoms with Gasteiger partial charge in [-0.2, -0.15) is 0 Å². The lowest BCUT2D eigenvalue weighted by atomic mass is 9.79. The van der Waals surface area contributed by atoms with Crippen molar-refractivity contribution in [3.63, 3.8) is 0 Å². The Kier molecular flexibility index (Phi) is 3.63. The fourth-order valence-corrected chi connectivity index (χ4v) is 4.36. The van der Waals surface area contributed by atoms with Crippen LogP contribution in [0.15, 0.2) is 48.5 Å². The highest BCUT2D eigenvalue weighted by molar-refractivity contribution is 5.45. The van der Waals surface area contributed by atoms with Gasteiger partial charge in [0, 0.05) is 18.5 Å². The minimum atomic E-state index is 0.683. The van der Waals surface area contributed by atoms with Crippen LogP contribution in [0.3, 0.4) is 0 Å². The van der Waals surface area contributed by atoms with E-state index in [0.717, 1.165) is 18.7 Å². The molecule has 1 aliphatic heterocycles. The normalized spacial score (nSPS) is 23.9. The summed E-state index contributed by atoms with van der Waals surface area (Å²) in [7, 11) is 1.79. The van der Waals surface area contributed by atoms with Gasteiger partial charge in [-0.15, -0.1) is 0 Å². The summed E-state index contributed by atoms with van der Waals surface area (Å²) in [5, 5.41) is 0. The van der Waals surface area contributed by atoms with Crippen LogP contribution in [-0.4, -0.2) is 24.6 Å². The molecular formula is C20H23NO. The van der Waals surface area contributed by atoms with Crippen molar-refractivity contribution in [3.05, 3.63) is 65.2 Å². The topological polar surface area (TPSA) is 12.5 Å². The van der Waals surface area contributed by atoms with Gasteiger partial charge < -0.3 is 4.74 Å². The number of methoxy groups -OCH3 is 1. The van der Waals surface area contributed by atoms with Crippen molar-refractivity contribution in [1.29, 1.82) is 0 Å². The summed E-state index contributed by atoms with van der Waals surface area (Å²) < 4.78 is 5.57. The summed E-state index contributed by atoms with van der Waals surface area (Å²) >= 11 is 0. The van der Waals surface area contributed by atoms with Crippen molar-refractivity contribution in [2.24, 2.45) is 0 Å². The third-order valence-corrected chi connectivity index (χ3v) is 5.37. The molecule has 2 aromatic rings. The van der Waals surface area contributed by atoms with E-state index in [9.17, 15) is 0 Å². The van der Waals surface area contributed by atoms with E-state index < -0.39 is 0 Å². The van der Waals surface area contributed by atoms with Gasteiger partial charge in [-0.25, -0.2) is 0 Å². The van der Waals surface area contributed by atoms with E-state index in [0.29, 0.717) is 12.0 Å². The number of fused-ring (bicyclic) bond motifs is 3. The molecule has 1 aliphatic carbocycles. The Labute approximate surface area is 132 Å². The summed E-state index contributed by atoms with van der Waals surface area (Å²) in [4.78, 5) is 2.68. The zero-order chi connectivity index (χ0) is 14.9. The average Bonchev–Trinajstić information content (AvgIpc) is 2.98. The second-order valence-electron chi connectivity index (χ2n) is 6.49. The second-order valence-corrected chi connectivity index (χ2v) is 6.49. The van der Waals surface area contributed by atoms with E-state index in [2.05, 4.69) is 53.4 Å². The Morgan fingerprint density at radius 3 is 2.73 bits per heavy atom. The Hall–Kier alpha value is -1.80. The highest BCUT2D eigenvalue weighted by atomic mass is 16.5. The van der Waals surface area contributed by atoms with Gasteiger partial charge in [0.15, 0.2) is 0 Å². The van der Waals surface area contributed by atoms with Gasteiger partial charge in [-0.3, -0.25) is 4.90 Å². The van der Waals surface area contributed by atoms with E-state index in [-0.39, 0.29) is 0 Å². The zero-order valence-electron chi connectivity index (χ0n) is 13.2. The minimum absolute atomic E-state index is 0.683. The van der Waals surface area contributed by atoms with Crippen molar-refractivity contribution in [2.75, 3.05) is 13.7 Å². The number of benzene rings is 2. The zero-order valence-corrected chi connectivity index (χ0v) is 13.2. The molecule has 4 rings (SSSR count). The van der Waals surface area contributed by atoms with Gasteiger partial charge in [0.05, 0.1) is 7.11 Å². The molecule has 1 fully saturated rings. The molecule has 2 heteroatoms. The van der Waals surface area contributed by atoms with Crippen LogP contribution in [0.5, 0.6) is 5.75 Å². The van der Waals surface area contributed by atoms with Crippen LogP contribution in [0.25, 0.3) is 0 Å². The molecule has 2 atom stereocenters. The molecule has 1 heterocycles. The molecule has 0 N–H and O–H groups in total. The van der Waals surface area contributed by atoms with E-state index in [1.807, 2.05) is 0 Å². The number of ether oxygens (including phenoxy) is 1. The third-order valence-electron chi connectivity index (χ3n) is 5.37. The van der Waals surface area contributed by atoms with Crippen molar-refractivity contribution in [1.82, 2.24) is 4.90 Å². The Bertz CT molecular complexity index is 652. The number of likely N-dealkylation sites (tertiary alicyclic amines) is 1. The minimum Gasteiger partial charge on any atom is -0.496 e. The summed E-state index contributed by atoms with van der Waals surface area (Å²) in [6.07, 6.45) is 3.67. The monoisotopic (exact) mass is 293 g/mol. The molecule has 2 nitrogen and oxygen atoms in total. The molecular weight excluding hydrogens is 270 g/mol. The SMILES string of the molecule is COc1cccc2c1CC[C@@H]1[C@H]2CCN1Cc1ccccc1. The quantitative estimate of drug-likeness (QED) is 0.848. The van der Waals surface area contributed by atoms with E-state index in [4.69, 9.17) is 4.74 Å². The molecule has 0 amide bonds. The Morgan fingerprint density at radius 1 is 1.05 bits per heavy atom. The predicted molar refractivity (Wildman–Crippen MR) is 89.3 cm³/mol. The summed E-state index contributed by atoms with van der Waals surface area (Å²) in [5.41, 5.74) is 4.42. The molecule has 22 heavy (non-hydrogen) atoms. The maximum absolute atomic E-state index is 5.57. The van der Waals surface area contributed by atoms with Crippen LogP contribution < -0.4 is 4.74 Å². The van der Waals surface area contributed by atoms with E-state index in [1.54, 1.807) is 7.11 Å². The maximum atomic E-state index is 5.57. The van der Waals surface area contributed by atoms with Crippen LogP contribution in [0.2, 0.25) is 0 Å². The molecule has 114 valence electrons. The van der Waals surface area contributed by atoms with Crippen LogP contribution in [-0.2, 0) is 13.0 Å². The first-order valence-electron chi connectivity index (χ1n) is 8.30. The van der Waals surface area contributed by atoms with Gasteiger partial charge in [0.1, 0.15) is 5.75 Å².